The predicted molar refractivity (Wildman–Crippen MR) is 48.2 cm³/mol. The van der Waals surface area contributed by atoms with Crippen LogP contribution in [0.15, 0.2) is 22.6 Å². The number of rotatable bonds is 1. The first-order valence-electron chi connectivity index (χ1n) is 3.87. The summed E-state index contributed by atoms with van der Waals surface area (Å²) in [5.41, 5.74) is 0.674. The highest BCUT2D eigenvalue weighted by Gasteiger charge is 2.12. The van der Waals surface area contributed by atoms with Gasteiger partial charge in [-0.15, -0.1) is 11.6 Å². The van der Waals surface area contributed by atoms with Crippen LogP contribution in [0.2, 0.25) is 0 Å². The monoisotopic (exact) mass is 199 g/mol. The average molecular weight is 200 g/mol. The van der Waals surface area contributed by atoms with Crippen molar-refractivity contribution in [3.8, 4) is 0 Å². The highest BCUT2D eigenvalue weighted by Crippen LogP contribution is 2.25. The van der Waals surface area contributed by atoms with Crippen LogP contribution in [0.1, 0.15) is 18.2 Å². The van der Waals surface area contributed by atoms with Crippen LogP contribution >= 0.6 is 11.6 Å². The smallest absolute Gasteiger partial charge is 0.213 e. The summed E-state index contributed by atoms with van der Waals surface area (Å²) in [5.74, 6) is -0.0599. The number of halogens is 2. The van der Waals surface area contributed by atoms with Crippen LogP contribution in [0, 0.1) is 5.82 Å². The molecule has 0 N–H and O–H groups in total. The summed E-state index contributed by atoms with van der Waals surface area (Å²) in [7, 11) is 0. The van der Waals surface area contributed by atoms with E-state index in [0.717, 1.165) is 0 Å². The Morgan fingerprint density at radius 3 is 2.92 bits per heavy atom. The second-order valence-electron chi connectivity index (χ2n) is 2.76. The first kappa shape index (κ1) is 8.51. The van der Waals surface area contributed by atoms with Crippen molar-refractivity contribution in [2.75, 3.05) is 0 Å². The third-order valence-electron chi connectivity index (χ3n) is 1.72. The van der Waals surface area contributed by atoms with Crippen molar-refractivity contribution in [2.45, 2.75) is 12.3 Å². The summed E-state index contributed by atoms with van der Waals surface area (Å²) < 4.78 is 18.2. The molecule has 0 aliphatic rings. The van der Waals surface area contributed by atoms with E-state index in [0.29, 0.717) is 11.4 Å². The Morgan fingerprint density at radius 2 is 2.31 bits per heavy atom. The lowest BCUT2D eigenvalue weighted by molar-refractivity contribution is 0.507. The van der Waals surface area contributed by atoms with Crippen molar-refractivity contribution in [1.82, 2.24) is 4.98 Å². The summed E-state index contributed by atoms with van der Waals surface area (Å²) in [4.78, 5) is 4.03. The lowest BCUT2D eigenvalue weighted by Crippen LogP contribution is -1.81. The van der Waals surface area contributed by atoms with Gasteiger partial charge in [0, 0.05) is 0 Å². The largest absolute Gasteiger partial charge is 0.436 e. The SMILES string of the molecule is CC(Cl)c1nc2cccc(F)c2o1. The Hall–Kier alpha value is -1.09. The van der Waals surface area contributed by atoms with Gasteiger partial charge in [-0.2, -0.15) is 0 Å². The van der Waals surface area contributed by atoms with Gasteiger partial charge in [0.2, 0.25) is 5.89 Å². The van der Waals surface area contributed by atoms with Gasteiger partial charge in [0.25, 0.3) is 0 Å². The Labute approximate surface area is 79.3 Å². The molecule has 1 aromatic heterocycles. The molecule has 1 atom stereocenters. The molecule has 0 aliphatic carbocycles. The highest BCUT2D eigenvalue weighted by molar-refractivity contribution is 6.20. The molecule has 0 radical (unpaired) electrons. The molecule has 0 fully saturated rings. The number of oxazole rings is 1. The van der Waals surface area contributed by atoms with Gasteiger partial charge in [-0.05, 0) is 19.1 Å². The third kappa shape index (κ3) is 1.40. The van der Waals surface area contributed by atoms with E-state index in [9.17, 15) is 4.39 Å². The minimum Gasteiger partial charge on any atom is -0.436 e. The van der Waals surface area contributed by atoms with Crippen LogP contribution in [0.4, 0.5) is 4.39 Å². The fourth-order valence-corrected chi connectivity index (χ4v) is 1.20. The second-order valence-corrected chi connectivity index (χ2v) is 3.41. The molecular weight excluding hydrogens is 193 g/mol. The Kier molecular flexibility index (Phi) is 1.96. The average Bonchev–Trinajstić information content (AvgIpc) is 2.49. The standard InChI is InChI=1S/C9H7ClFNO/c1-5(10)9-12-7-4-2-3-6(11)8(7)13-9/h2-5H,1H3. The van der Waals surface area contributed by atoms with Crippen LogP contribution in [-0.2, 0) is 0 Å². The minimum atomic E-state index is -0.409. The van der Waals surface area contributed by atoms with Crippen molar-refractivity contribution in [1.29, 1.82) is 0 Å². The molecule has 68 valence electrons. The number of hydrogen-bond acceptors (Lipinski definition) is 2. The molecule has 0 saturated heterocycles. The van der Waals surface area contributed by atoms with E-state index in [-0.39, 0.29) is 11.0 Å². The third-order valence-corrected chi connectivity index (χ3v) is 1.91. The molecule has 0 amide bonds. The van der Waals surface area contributed by atoms with Crippen LogP contribution in [0.3, 0.4) is 0 Å². The van der Waals surface area contributed by atoms with E-state index in [4.69, 9.17) is 16.0 Å². The summed E-state index contributed by atoms with van der Waals surface area (Å²) in [6.45, 7) is 1.73. The zero-order valence-electron chi connectivity index (χ0n) is 6.92. The van der Waals surface area contributed by atoms with E-state index in [2.05, 4.69) is 4.98 Å². The number of aromatic nitrogens is 1. The van der Waals surface area contributed by atoms with Gasteiger partial charge < -0.3 is 4.42 Å². The van der Waals surface area contributed by atoms with Crippen LogP contribution < -0.4 is 0 Å². The minimum absolute atomic E-state index is 0.171. The van der Waals surface area contributed by atoms with Crippen molar-refractivity contribution in [2.24, 2.45) is 0 Å². The molecule has 2 aromatic rings. The summed E-state index contributed by atoms with van der Waals surface area (Å²) >= 11 is 5.75. The molecule has 1 unspecified atom stereocenters. The van der Waals surface area contributed by atoms with E-state index in [1.54, 1.807) is 19.1 Å². The van der Waals surface area contributed by atoms with Gasteiger partial charge >= 0.3 is 0 Å². The fourth-order valence-electron chi connectivity index (χ4n) is 1.10. The molecule has 4 heteroatoms. The molecule has 1 aromatic carbocycles. The molecule has 0 saturated carbocycles. The quantitative estimate of drug-likeness (QED) is 0.659. The van der Waals surface area contributed by atoms with E-state index in [1.807, 2.05) is 0 Å². The molecular formula is C9H7ClFNO. The van der Waals surface area contributed by atoms with E-state index in [1.165, 1.54) is 6.07 Å². The molecule has 0 bridgehead atoms. The van der Waals surface area contributed by atoms with Crippen molar-refractivity contribution >= 4 is 22.7 Å². The predicted octanol–water partition coefficient (Wildman–Crippen LogP) is 3.27. The Balaban J connectivity index is 2.68. The first-order valence-corrected chi connectivity index (χ1v) is 4.31. The molecule has 0 spiro atoms. The van der Waals surface area contributed by atoms with Gasteiger partial charge in [-0.25, -0.2) is 9.37 Å². The van der Waals surface area contributed by atoms with Crippen molar-refractivity contribution in [3.63, 3.8) is 0 Å². The summed E-state index contributed by atoms with van der Waals surface area (Å²) in [6, 6.07) is 4.60. The van der Waals surface area contributed by atoms with Gasteiger partial charge in [0.15, 0.2) is 11.4 Å². The number of fused-ring (bicyclic) bond motifs is 1. The second kappa shape index (κ2) is 3.00. The number of nitrogens with zero attached hydrogens (tertiary/aromatic N) is 1. The normalized spacial score (nSPS) is 13.5. The zero-order chi connectivity index (χ0) is 9.42. The molecule has 2 rings (SSSR count). The number of hydrogen-bond donors (Lipinski definition) is 0. The van der Waals surface area contributed by atoms with Gasteiger partial charge in [0.1, 0.15) is 10.9 Å². The van der Waals surface area contributed by atoms with Crippen LogP contribution in [-0.4, -0.2) is 4.98 Å². The van der Waals surface area contributed by atoms with E-state index < -0.39 is 5.82 Å². The summed E-state index contributed by atoms with van der Waals surface area (Å²) in [6.07, 6.45) is 0. The lowest BCUT2D eigenvalue weighted by Gasteiger charge is -1.91. The first-order chi connectivity index (χ1) is 6.18. The maximum atomic E-state index is 13.1. The lowest BCUT2D eigenvalue weighted by atomic mass is 10.3. The fraction of sp³-hybridized carbons (Fsp3) is 0.222. The number of benzene rings is 1. The van der Waals surface area contributed by atoms with Crippen LogP contribution in [0.25, 0.3) is 11.1 Å². The number of para-hydroxylation sites is 1. The highest BCUT2D eigenvalue weighted by atomic mass is 35.5. The van der Waals surface area contributed by atoms with E-state index >= 15 is 0 Å². The Morgan fingerprint density at radius 1 is 1.54 bits per heavy atom. The molecule has 1 heterocycles. The molecule has 13 heavy (non-hydrogen) atoms. The maximum Gasteiger partial charge on any atom is 0.213 e. The Bertz CT molecular complexity index is 438. The van der Waals surface area contributed by atoms with Crippen molar-refractivity contribution < 1.29 is 8.81 Å². The maximum absolute atomic E-state index is 13.1. The van der Waals surface area contributed by atoms with Gasteiger partial charge in [0.05, 0.1) is 0 Å². The van der Waals surface area contributed by atoms with Gasteiger partial charge in [-0.3, -0.25) is 0 Å². The molecule has 2 nitrogen and oxygen atoms in total. The van der Waals surface area contributed by atoms with Crippen LogP contribution in [0.5, 0.6) is 0 Å². The number of alkyl halides is 1. The summed E-state index contributed by atoms with van der Waals surface area (Å²) in [5, 5.41) is -0.341. The van der Waals surface area contributed by atoms with Gasteiger partial charge in [-0.1, -0.05) is 6.07 Å². The molecule has 0 aliphatic heterocycles. The van der Waals surface area contributed by atoms with Crippen molar-refractivity contribution in [3.05, 3.63) is 29.9 Å². The zero-order valence-corrected chi connectivity index (χ0v) is 7.68. The topological polar surface area (TPSA) is 26.0 Å².